The molecule has 0 saturated heterocycles. The molecular weight excluding hydrogens is 314 g/mol. The molecule has 1 aliphatic heterocycles. The number of hydrogen-bond donors (Lipinski definition) is 1. The highest BCUT2D eigenvalue weighted by atomic mass is 79.9. The van der Waals surface area contributed by atoms with Crippen molar-refractivity contribution in [3.63, 3.8) is 0 Å². The van der Waals surface area contributed by atoms with E-state index in [0.717, 1.165) is 29.0 Å². The topological polar surface area (TPSA) is 42.2 Å². The summed E-state index contributed by atoms with van der Waals surface area (Å²) in [6.45, 7) is 3.54. The van der Waals surface area contributed by atoms with Crippen molar-refractivity contribution < 1.29 is 0 Å². The van der Waals surface area contributed by atoms with Crippen LogP contribution in [0, 0.1) is 6.92 Å². The molecule has 1 aromatic carbocycles. The Balaban J connectivity index is 1.97. The van der Waals surface area contributed by atoms with Crippen LogP contribution >= 0.6 is 15.9 Å². The van der Waals surface area contributed by atoms with Gasteiger partial charge in [0.1, 0.15) is 5.82 Å². The van der Waals surface area contributed by atoms with E-state index >= 15 is 0 Å². The molecule has 0 radical (unpaired) electrons. The monoisotopic (exact) mass is 331 g/mol. The molecule has 1 aliphatic rings. The molecule has 2 N–H and O–H groups in total. The predicted octanol–water partition coefficient (Wildman–Crippen LogP) is 3.04. The summed E-state index contributed by atoms with van der Waals surface area (Å²) in [5.41, 5.74) is 9.77. The van der Waals surface area contributed by atoms with E-state index in [4.69, 9.17) is 10.7 Å². The van der Waals surface area contributed by atoms with E-state index in [-0.39, 0.29) is 0 Å². The van der Waals surface area contributed by atoms with Crippen LogP contribution in [0.1, 0.15) is 16.8 Å². The first-order valence-electron chi connectivity index (χ1n) is 6.85. The van der Waals surface area contributed by atoms with Gasteiger partial charge in [0, 0.05) is 23.6 Å². The molecule has 1 aromatic heterocycles. The lowest BCUT2D eigenvalue weighted by atomic mass is 9.94. The predicted molar refractivity (Wildman–Crippen MR) is 85.8 cm³/mol. The van der Waals surface area contributed by atoms with E-state index < -0.39 is 0 Å². The fourth-order valence-corrected chi connectivity index (χ4v) is 2.98. The first-order valence-corrected chi connectivity index (χ1v) is 7.65. The summed E-state index contributed by atoms with van der Waals surface area (Å²) in [5.74, 6) is 1.01. The highest BCUT2D eigenvalue weighted by Crippen LogP contribution is 2.28. The second-order valence-corrected chi connectivity index (χ2v) is 6.08. The van der Waals surface area contributed by atoms with Crippen molar-refractivity contribution in [2.75, 3.05) is 11.4 Å². The third kappa shape index (κ3) is 2.45. The Morgan fingerprint density at radius 1 is 1.25 bits per heavy atom. The Labute approximate surface area is 127 Å². The Hall–Kier alpha value is -1.39. The normalized spacial score (nSPS) is 17.9. The van der Waals surface area contributed by atoms with Crippen LogP contribution in [0.5, 0.6) is 0 Å². The average Bonchev–Trinajstić information content (AvgIpc) is 2.48. The average molecular weight is 332 g/mol. The van der Waals surface area contributed by atoms with Crippen LogP contribution in [0.25, 0.3) is 0 Å². The number of halogens is 1. The molecule has 1 atom stereocenters. The highest BCUT2D eigenvalue weighted by Gasteiger charge is 2.26. The molecule has 0 saturated carbocycles. The van der Waals surface area contributed by atoms with Gasteiger partial charge >= 0.3 is 0 Å². The third-order valence-corrected chi connectivity index (χ3v) is 4.77. The lowest BCUT2D eigenvalue weighted by Gasteiger charge is -2.37. The van der Waals surface area contributed by atoms with Gasteiger partial charge in [0.05, 0.1) is 5.69 Å². The van der Waals surface area contributed by atoms with Gasteiger partial charge in [0.2, 0.25) is 0 Å². The molecule has 0 fully saturated rings. The first kappa shape index (κ1) is 13.6. The second kappa shape index (κ2) is 5.54. The van der Waals surface area contributed by atoms with E-state index in [1.165, 1.54) is 11.1 Å². The zero-order valence-corrected chi connectivity index (χ0v) is 13.1. The zero-order chi connectivity index (χ0) is 14.1. The van der Waals surface area contributed by atoms with Crippen LogP contribution in [0.2, 0.25) is 0 Å². The Kier molecular flexibility index (Phi) is 3.76. The fourth-order valence-electron chi connectivity index (χ4n) is 2.76. The minimum atomic E-state index is 0.318. The maximum atomic E-state index is 5.98. The summed E-state index contributed by atoms with van der Waals surface area (Å²) in [6, 6.07) is 13.0. The fraction of sp³-hybridized carbons (Fsp3) is 0.312. The van der Waals surface area contributed by atoms with Crippen LogP contribution in [-0.2, 0) is 13.0 Å². The number of nitrogens with zero attached hydrogens (tertiary/aromatic N) is 2. The van der Waals surface area contributed by atoms with E-state index in [1.807, 2.05) is 6.92 Å². The van der Waals surface area contributed by atoms with Crippen molar-refractivity contribution in [1.82, 2.24) is 4.98 Å². The number of fused-ring (bicyclic) bond motifs is 1. The van der Waals surface area contributed by atoms with E-state index in [1.54, 1.807) is 0 Å². The van der Waals surface area contributed by atoms with Crippen LogP contribution in [0.3, 0.4) is 0 Å². The van der Waals surface area contributed by atoms with E-state index in [9.17, 15) is 0 Å². The van der Waals surface area contributed by atoms with Gasteiger partial charge in [-0.25, -0.2) is 4.98 Å². The van der Waals surface area contributed by atoms with Crippen molar-refractivity contribution in [3.05, 3.63) is 57.7 Å². The third-order valence-electron chi connectivity index (χ3n) is 3.93. The van der Waals surface area contributed by atoms with Crippen LogP contribution in [0.4, 0.5) is 5.82 Å². The summed E-state index contributed by atoms with van der Waals surface area (Å²) in [7, 11) is 0. The number of nitrogens with two attached hydrogens (primary N) is 1. The quantitative estimate of drug-likeness (QED) is 0.919. The summed E-state index contributed by atoms with van der Waals surface area (Å²) in [6.07, 6.45) is 0.990. The number of anilines is 1. The van der Waals surface area contributed by atoms with Crippen LogP contribution in [-0.4, -0.2) is 17.6 Å². The van der Waals surface area contributed by atoms with Crippen molar-refractivity contribution >= 4 is 21.7 Å². The zero-order valence-electron chi connectivity index (χ0n) is 11.5. The number of aryl methyl sites for hydroxylation is 1. The molecule has 2 aromatic rings. The van der Waals surface area contributed by atoms with Crippen molar-refractivity contribution in [2.24, 2.45) is 5.73 Å². The maximum Gasteiger partial charge on any atom is 0.129 e. The van der Waals surface area contributed by atoms with Gasteiger partial charge in [-0.3, -0.25) is 0 Å². The standard InChI is InChI=1S/C16H18BrN3/c1-11-15(17)6-7-16(19-11)20-10-13-5-3-2-4-12(13)8-14(20)9-18/h2-7,14H,8-10,18H2,1H3. The number of rotatable bonds is 2. The largest absolute Gasteiger partial charge is 0.348 e. The minimum absolute atomic E-state index is 0.318. The molecule has 20 heavy (non-hydrogen) atoms. The molecule has 104 valence electrons. The molecule has 1 unspecified atom stereocenters. The maximum absolute atomic E-state index is 5.98. The summed E-state index contributed by atoms with van der Waals surface area (Å²) in [4.78, 5) is 7.01. The van der Waals surface area contributed by atoms with Gasteiger partial charge in [-0.1, -0.05) is 24.3 Å². The summed E-state index contributed by atoms with van der Waals surface area (Å²) in [5, 5.41) is 0. The molecule has 0 spiro atoms. The van der Waals surface area contributed by atoms with Crippen molar-refractivity contribution in [1.29, 1.82) is 0 Å². The van der Waals surface area contributed by atoms with Gasteiger partial charge in [-0.05, 0) is 52.5 Å². The molecule has 3 rings (SSSR count). The summed E-state index contributed by atoms with van der Waals surface area (Å²) >= 11 is 3.51. The Morgan fingerprint density at radius 3 is 2.70 bits per heavy atom. The molecule has 2 heterocycles. The molecule has 3 nitrogen and oxygen atoms in total. The first-order chi connectivity index (χ1) is 9.69. The van der Waals surface area contributed by atoms with E-state index in [2.05, 4.69) is 57.2 Å². The number of aromatic nitrogens is 1. The lowest BCUT2D eigenvalue weighted by molar-refractivity contribution is 0.555. The van der Waals surface area contributed by atoms with Crippen LogP contribution < -0.4 is 10.6 Å². The van der Waals surface area contributed by atoms with Gasteiger partial charge in [0.15, 0.2) is 0 Å². The van der Waals surface area contributed by atoms with Gasteiger partial charge in [-0.15, -0.1) is 0 Å². The summed E-state index contributed by atoms with van der Waals surface area (Å²) < 4.78 is 1.04. The Bertz CT molecular complexity index is 627. The minimum Gasteiger partial charge on any atom is -0.348 e. The van der Waals surface area contributed by atoms with E-state index in [0.29, 0.717) is 12.6 Å². The molecular formula is C16H18BrN3. The molecule has 0 bridgehead atoms. The highest BCUT2D eigenvalue weighted by molar-refractivity contribution is 9.10. The number of hydrogen-bond acceptors (Lipinski definition) is 3. The molecule has 0 aliphatic carbocycles. The van der Waals surface area contributed by atoms with Crippen molar-refractivity contribution in [2.45, 2.75) is 25.9 Å². The number of benzene rings is 1. The van der Waals surface area contributed by atoms with Gasteiger partial charge in [-0.2, -0.15) is 0 Å². The lowest BCUT2D eigenvalue weighted by Crippen LogP contribution is -2.45. The number of pyridine rings is 1. The smallest absolute Gasteiger partial charge is 0.129 e. The Morgan fingerprint density at radius 2 is 2.00 bits per heavy atom. The van der Waals surface area contributed by atoms with Crippen molar-refractivity contribution in [3.8, 4) is 0 Å². The second-order valence-electron chi connectivity index (χ2n) is 5.23. The SMILES string of the molecule is Cc1nc(N2Cc3ccccc3CC2CN)ccc1Br. The molecule has 4 heteroatoms. The van der Waals surface area contributed by atoms with Gasteiger partial charge in [0.25, 0.3) is 0 Å². The van der Waals surface area contributed by atoms with Crippen LogP contribution in [0.15, 0.2) is 40.9 Å². The molecule has 0 amide bonds. The van der Waals surface area contributed by atoms with Gasteiger partial charge < -0.3 is 10.6 Å².